The summed E-state index contributed by atoms with van der Waals surface area (Å²) in [6.07, 6.45) is 4.08. The molecule has 0 radical (unpaired) electrons. The molecule has 1 saturated heterocycles. The molecule has 0 spiro atoms. The molecule has 88 valence electrons. The third-order valence-corrected chi connectivity index (χ3v) is 3.61. The minimum absolute atomic E-state index is 0.780. The van der Waals surface area contributed by atoms with E-state index in [2.05, 4.69) is 20.8 Å². The van der Waals surface area contributed by atoms with Gasteiger partial charge in [0.25, 0.3) is 0 Å². The third-order valence-electron chi connectivity index (χ3n) is 2.95. The van der Waals surface area contributed by atoms with Gasteiger partial charge in [0, 0.05) is 6.54 Å². The number of rotatable bonds is 4. The monoisotopic (exact) mass is 283 g/mol. The molecule has 1 heterocycles. The Morgan fingerprint density at radius 3 is 2.62 bits per heavy atom. The Balaban J connectivity index is 1.73. The molecule has 1 aliphatic heterocycles. The Hall–Kier alpha value is -0.540. The second kappa shape index (κ2) is 6.26. The first kappa shape index (κ1) is 11.9. The van der Waals surface area contributed by atoms with Crippen LogP contribution in [-0.2, 0) is 0 Å². The normalized spacial score (nSPS) is 17.3. The van der Waals surface area contributed by atoms with E-state index in [1.807, 2.05) is 24.3 Å². The highest BCUT2D eigenvalue weighted by Gasteiger charge is 2.09. The van der Waals surface area contributed by atoms with E-state index in [0.29, 0.717) is 0 Å². The lowest BCUT2D eigenvalue weighted by Gasteiger charge is -2.26. The van der Waals surface area contributed by atoms with E-state index in [9.17, 15) is 0 Å². The summed E-state index contributed by atoms with van der Waals surface area (Å²) in [6.45, 7) is 4.29. The first-order chi connectivity index (χ1) is 7.86. The Labute approximate surface area is 106 Å². The molecule has 0 amide bonds. The number of likely N-dealkylation sites (tertiary alicyclic amines) is 1. The smallest absolute Gasteiger partial charge is 0.133 e. The zero-order chi connectivity index (χ0) is 11.2. The van der Waals surface area contributed by atoms with Crippen molar-refractivity contribution in [2.75, 3.05) is 26.2 Å². The maximum Gasteiger partial charge on any atom is 0.133 e. The maximum atomic E-state index is 5.75. The van der Waals surface area contributed by atoms with Gasteiger partial charge in [0.2, 0.25) is 0 Å². The maximum absolute atomic E-state index is 5.75. The standard InChI is InChI=1S/C13H18BrNO/c14-12-6-2-3-7-13(12)16-11-10-15-8-4-1-5-9-15/h2-3,6-7H,1,4-5,8-11H2. The van der Waals surface area contributed by atoms with Crippen molar-refractivity contribution in [2.24, 2.45) is 0 Å². The number of halogens is 1. The van der Waals surface area contributed by atoms with Crippen molar-refractivity contribution >= 4 is 15.9 Å². The van der Waals surface area contributed by atoms with Gasteiger partial charge in [-0.3, -0.25) is 4.90 Å². The summed E-state index contributed by atoms with van der Waals surface area (Å²) in [5, 5.41) is 0. The van der Waals surface area contributed by atoms with Crippen molar-refractivity contribution in [1.82, 2.24) is 4.90 Å². The van der Waals surface area contributed by atoms with E-state index in [0.717, 1.165) is 23.4 Å². The van der Waals surface area contributed by atoms with Crippen LogP contribution in [0.5, 0.6) is 5.75 Å². The lowest BCUT2D eigenvalue weighted by Crippen LogP contribution is -2.33. The molecular formula is C13H18BrNO. The lowest BCUT2D eigenvalue weighted by molar-refractivity contribution is 0.183. The average molecular weight is 284 g/mol. The fourth-order valence-electron chi connectivity index (χ4n) is 2.03. The van der Waals surface area contributed by atoms with Crippen LogP contribution >= 0.6 is 15.9 Å². The van der Waals surface area contributed by atoms with Crippen molar-refractivity contribution in [3.05, 3.63) is 28.7 Å². The molecule has 1 aliphatic rings. The van der Waals surface area contributed by atoms with Gasteiger partial charge in [0.05, 0.1) is 4.47 Å². The first-order valence-electron chi connectivity index (χ1n) is 5.96. The van der Waals surface area contributed by atoms with Gasteiger partial charge in [-0.1, -0.05) is 18.6 Å². The molecule has 3 heteroatoms. The van der Waals surface area contributed by atoms with Crippen LogP contribution in [0.1, 0.15) is 19.3 Å². The van der Waals surface area contributed by atoms with Crippen LogP contribution in [0.15, 0.2) is 28.7 Å². The highest BCUT2D eigenvalue weighted by atomic mass is 79.9. The number of hydrogen-bond acceptors (Lipinski definition) is 2. The van der Waals surface area contributed by atoms with E-state index in [4.69, 9.17) is 4.74 Å². The van der Waals surface area contributed by atoms with Gasteiger partial charge in [0.1, 0.15) is 12.4 Å². The zero-order valence-corrected chi connectivity index (χ0v) is 11.1. The Morgan fingerprint density at radius 1 is 1.12 bits per heavy atom. The summed E-state index contributed by atoms with van der Waals surface area (Å²) in [5.41, 5.74) is 0. The predicted molar refractivity (Wildman–Crippen MR) is 69.9 cm³/mol. The Bertz CT molecular complexity index is 323. The van der Waals surface area contributed by atoms with Gasteiger partial charge >= 0.3 is 0 Å². The van der Waals surface area contributed by atoms with Crippen LogP contribution in [0.4, 0.5) is 0 Å². The third kappa shape index (κ3) is 3.49. The van der Waals surface area contributed by atoms with Crippen LogP contribution in [0.2, 0.25) is 0 Å². The van der Waals surface area contributed by atoms with Crippen molar-refractivity contribution in [2.45, 2.75) is 19.3 Å². The minimum Gasteiger partial charge on any atom is -0.491 e. The van der Waals surface area contributed by atoms with E-state index >= 15 is 0 Å². The molecule has 2 rings (SSSR count). The van der Waals surface area contributed by atoms with Crippen molar-refractivity contribution < 1.29 is 4.74 Å². The Morgan fingerprint density at radius 2 is 1.88 bits per heavy atom. The SMILES string of the molecule is Brc1ccccc1OCCN1CCCCC1. The van der Waals surface area contributed by atoms with E-state index in [1.54, 1.807) is 0 Å². The zero-order valence-electron chi connectivity index (χ0n) is 9.49. The van der Waals surface area contributed by atoms with Gasteiger partial charge in [-0.15, -0.1) is 0 Å². The minimum atomic E-state index is 0.780. The number of piperidine rings is 1. The van der Waals surface area contributed by atoms with Gasteiger partial charge in [-0.25, -0.2) is 0 Å². The molecule has 0 aromatic heterocycles. The van der Waals surface area contributed by atoms with Crippen LogP contribution < -0.4 is 4.74 Å². The van der Waals surface area contributed by atoms with Crippen molar-refractivity contribution in [1.29, 1.82) is 0 Å². The molecule has 1 aromatic rings. The topological polar surface area (TPSA) is 12.5 Å². The van der Waals surface area contributed by atoms with E-state index in [1.165, 1.54) is 32.4 Å². The summed E-state index contributed by atoms with van der Waals surface area (Å²) in [4.78, 5) is 2.49. The van der Waals surface area contributed by atoms with Crippen LogP contribution in [-0.4, -0.2) is 31.1 Å². The van der Waals surface area contributed by atoms with E-state index < -0.39 is 0 Å². The van der Waals surface area contributed by atoms with Crippen LogP contribution in [0.25, 0.3) is 0 Å². The second-order valence-corrected chi connectivity index (χ2v) is 5.04. The second-order valence-electron chi connectivity index (χ2n) is 4.18. The summed E-state index contributed by atoms with van der Waals surface area (Å²) in [6, 6.07) is 8.01. The summed E-state index contributed by atoms with van der Waals surface area (Å²) < 4.78 is 6.79. The molecule has 0 bridgehead atoms. The number of ether oxygens (including phenoxy) is 1. The number of benzene rings is 1. The average Bonchev–Trinajstić information content (AvgIpc) is 2.33. The van der Waals surface area contributed by atoms with E-state index in [-0.39, 0.29) is 0 Å². The van der Waals surface area contributed by atoms with Crippen LogP contribution in [0.3, 0.4) is 0 Å². The fraction of sp³-hybridized carbons (Fsp3) is 0.538. The van der Waals surface area contributed by atoms with Crippen molar-refractivity contribution in [3.8, 4) is 5.75 Å². The molecule has 1 fully saturated rings. The molecular weight excluding hydrogens is 266 g/mol. The molecule has 0 N–H and O–H groups in total. The highest BCUT2D eigenvalue weighted by molar-refractivity contribution is 9.10. The highest BCUT2D eigenvalue weighted by Crippen LogP contribution is 2.23. The van der Waals surface area contributed by atoms with Gasteiger partial charge < -0.3 is 4.74 Å². The van der Waals surface area contributed by atoms with Gasteiger partial charge in [-0.2, -0.15) is 0 Å². The summed E-state index contributed by atoms with van der Waals surface area (Å²) >= 11 is 3.48. The predicted octanol–water partition coefficient (Wildman–Crippen LogP) is 3.31. The lowest BCUT2D eigenvalue weighted by atomic mass is 10.1. The van der Waals surface area contributed by atoms with Gasteiger partial charge in [0.15, 0.2) is 0 Å². The largest absolute Gasteiger partial charge is 0.491 e. The molecule has 2 nitrogen and oxygen atoms in total. The van der Waals surface area contributed by atoms with Crippen molar-refractivity contribution in [3.63, 3.8) is 0 Å². The fourth-order valence-corrected chi connectivity index (χ4v) is 2.43. The summed E-state index contributed by atoms with van der Waals surface area (Å²) in [7, 11) is 0. The molecule has 0 unspecified atom stereocenters. The Kier molecular flexibility index (Phi) is 4.67. The molecule has 0 atom stereocenters. The molecule has 0 saturated carbocycles. The number of hydrogen-bond donors (Lipinski definition) is 0. The number of nitrogens with zero attached hydrogens (tertiary/aromatic N) is 1. The number of para-hydroxylation sites is 1. The first-order valence-corrected chi connectivity index (χ1v) is 6.75. The summed E-state index contributed by atoms with van der Waals surface area (Å²) in [5.74, 6) is 0.944. The van der Waals surface area contributed by atoms with Crippen LogP contribution in [0, 0.1) is 0 Å². The molecule has 1 aromatic carbocycles. The molecule has 16 heavy (non-hydrogen) atoms. The quantitative estimate of drug-likeness (QED) is 0.841. The van der Waals surface area contributed by atoms with Gasteiger partial charge in [-0.05, 0) is 54.0 Å². The molecule has 0 aliphatic carbocycles.